The summed E-state index contributed by atoms with van der Waals surface area (Å²) >= 11 is 4.46. The van der Waals surface area contributed by atoms with Gasteiger partial charge in [-0.3, -0.25) is 9.36 Å². The predicted octanol–water partition coefficient (Wildman–Crippen LogP) is 0.944. The SMILES string of the molecule is CCn1c(=O)/c(=C/C=C2\Sc3cc(F)ccc3N2C)s/c1=C\c1sc2ccc(F)cc2[n+]1C.[Cl-]. The fourth-order valence-corrected chi connectivity index (χ4v) is 7.04. The van der Waals surface area contributed by atoms with Gasteiger partial charge in [-0.05, 0) is 49.4 Å². The standard InChI is InChI=1S/C24H20F2N3OS3.ClH/c1-4-29-23(13-22-28(3)17-11-14(25)6-8-18(17)31-22)32-19(24(29)30)9-10-21-27(2)16-7-5-15(26)12-20(16)33-21;/h5-13H,4H2,1-3H3;1H/q+1;/p-1/b19-9-,21-10-;. The Hall–Kier alpha value is -2.46. The van der Waals surface area contributed by atoms with E-state index in [1.165, 1.54) is 47.4 Å². The zero-order chi connectivity index (χ0) is 23.3. The van der Waals surface area contributed by atoms with Gasteiger partial charge in [0.15, 0.2) is 0 Å². The fraction of sp³-hybridized carbons (Fsp3) is 0.167. The first-order valence-corrected chi connectivity index (χ1v) is 12.7. The van der Waals surface area contributed by atoms with Gasteiger partial charge in [0.2, 0.25) is 5.52 Å². The third-order valence-corrected chi connectivity index (χ3v) is 8.94. The molecule has 3 heterocycles. The maximum Gasteiger partial charge on any atom is 0.269 e. The van der Waals surface area contributed by atoms with E-state index in [2.05, 4.69) is 0 Å². The summed E-state index contributed by atoms with van der Waals surface area (Å²) in [6.45, 7) is 2.49. The number of aryl methyl sites for hydroxylation is 1. The van der Waals surface area contributed by atoms with E-state index in [4.69, 9.17) is 0 Å². The molecule has 0 atom stereocenters. The van der Waals surface area contributed by atoms with E-state index >= 15 is 0 Å². The molecule has 4 nitrogen and oxygen atoms in total. The van der Waals surface area contributed by atoms with E-state index in [9.17, 15) is 13.6 Å². The van der Waals surface area contributed by atoms with Crippen LogP contribution in [0.15, 0.2) is 57.2 Å². The molecule has 0 saturated heterocycles. The van der Waals surface area contributed by atoms with Crippen molar-refractivity contribution >= 4 is 62.5 Å². The summed E-state index contributed by atoms with van der Waals surface area (Å²) in [5.74, 6) is -0.533. The highest BCUT2D eigenvalue weighted by atomic mass is 35.5. The van der Waals surface area contributed by atoms with Gasteiger partial charge in [-0.25, -0.2) is 8.78 Å². The second-order valence-corrected chi connectivity index (χ2v) is 10.7. The first-order chi connectivity index (χ1) is 15.9. The Balaban J connectivity index is 0.00000274. The second kappa shape index (κ2) is 9.65. The molecule has 2 aromatic carbocycles. The lowest BCUT2D eigenvalue weighted by Gasteiger charge is -2.12. The molecule has 1 aliphatic heterocycles. The number of thioether (sulfide) groups is 1. The average molecular weight is 536 g/mol. The van der Waals surface area contributed by atoms with Gasteiger partial charge in [-0.15, -0.1) is 11.3 Å². The highest BCUT2D eigenvalue weighted by Crippen LogP contribution is 2.45. The van der Waals surface area contributed by atoms with E-state index in [1.54, 1.807) is 28.0 Å². The van der Waals surface area contributed by atoms with E-state index < -0.39 is 0 Å². The van der Waals surface area contributed by atoms with Crippen molar-refractivity contribution in [2.45, 2.75) is 18.4 Å². The van der Waals surface area contributed by atoms with Crippen LogP contribution in [0.2, 0.25) is 0 Å². The van der Waals surface area contributed by atoms with Crippen LogP contribution in [0.5, 0.6) is 0 Å². The van der Waals surface area contributed by atoms with Crippen molar-refractivity contribution in [1.29, 1.82) is 0 Å². The van der Waals surface area contributed by atoms with Crippen LogP contribution in [0.4, 0.5) is 14.5 Å². The third kappa shape index (κ3) is 4.33. The molecule has 0 radical (unpaired) electrons. The van der Waals surface area contributed by atoms with Gasteiger partial charge in [0, 0.05) is 24.6 Å². The number of hydrogen-bond donors (Lipinski definition) is 0. The number of hydrogen-bond acceptors (Lipinski definition) is 5. The minimum Gasteiger partial charge on any atom is -1.00 e. The molecule has 0 fully saturated rings. The number of allylic oxidation sites excluding steroid dienone is 1. The highest BCUT2D eigenvalue weighted by Gasteiger charge is 2.22. The molecule has 0 spiro atoms. The Morgan fingerprint density at radius 3 is 2.56 bits per heavy atom. The average Bonchev–Trinajstić information content (AvgIpc) is 3.38. The number of anilines is 1. The predicted molar refractivity (Wildman–Crippen MR) is 133 cm³/mol. The number of nitrogens with zero attached hydrogens (tertiary/aromatic N) is 3. The molecule has 176 valence electrons. The molecular formula is C24H20ClF2N3OS3. The molecule has 0 bridgehead atoms. The van der Waals surface area contributed by atoms with Crippen molar-refractivity contribution in [2.75, 3.05) is 11.9 Å². The van der Waals surface area contributed by atoms with E-state index in [1.807, 2.05) is 48.7 Å². The monoisotopic (exact) mass is 535 g/mol. The lowest BCUT2D eigenvalue weighted by atomic mass is 10.3. The molecule has 2 aromatic heterocycles. The van der Waals surface area contributed by atoms with E-state index in [0.717, 1.165) is 35.5 Å². The zero-order valence-electron chi connectivity index (χ0n) is 18.5. The summed E-state index contributed by atoms with van der Waals surface area (Å²) < 4.78 is 33.4. The number of halogens is 3. The number of fused-ring (bicyclic) bond motifs is 2. The topological polar surface area (TPSA) is 29.1 Å². The first-order valence-electron chi connectivity index (χ1n) is 10.3. The molecule has 10 heteroatoms. The van der Waals surface area contributed by atoms with Gasteiger partial charge >= 0.3 is 0 Å². The van der Waals surface area contributed by atoms with Crippen molar-refractivity contribution < 1.29 is 25.8 Å². The van der Waals surface area contributed by atoms with Gasteiger partial charge in [0.25, 0.3) is 10.6 Å². The third-order valence-electron chi connectivity index (χ3n) is 5.53. The van der Waals surface area contributed by atoms with Gasteiger partial charge in [-0.1, -0.05) is 23.1 Å². The fourth-order valence-electron chi connectivity index (χ4n) is 3.77. The molecule has 0 amide bonds. The lowest BCUT2D eigenvalue weighted by Crippen LogP contribution is -3.00. The maximum atomic E-state index is 13.7. The smallest absolute Gasteiger partial charge is 0.269 e. The second-order valence-electron chi connectivity index (χ2n) is 7.55. The molecule has 4 aromatic rings. The summed E-state index contributed by atoms with van der Waals surface area (Å²) in [4.78, 5) is 15.9. The summed E-state index contributed by atoms with van der Waals surface area (Å²) in [5.41, 5.74) is 1.72. The maximum absolute atomic E-state index is 13.7. The summed E-state index contributed by atoms with van der Waals surface area (Å²) in [5, 5.41) is 1.86. The van der Waals surface area contributed by atoms with Crippen LogP contribution in [0.3, 0.4) is 0 Å². The Bertz CT molecular complexity index is 1620. The Morgan fingerprint density at radius 2 is 1.79 bits per heavy atom. The van der Waals surface area contributed by atoms with Crippen molar-refractivity contribution in [3.63, 3.8) is 0 Å². The van der Waals surface area contributed by atoms with Gasteiger partial charge in [-0.2, -0.15) is 4.57 Å². The summed E-state index contributed by atoms with van der Waals surface area (Å²) in [6, 6.07) is 9.50. The summed E-state index contributed by atoms with van der Waals surface area (Å²) in [6.07, 6.45) is 5.72. The molecule has 0 unspecified atom stereocenters. The molecule has 1 aliphatic rings. The Kier molecular flexibility index (Phi) is 7.00. The van der Waals surface area contributed by atoms with Crippen molar-refractivity contribution in [2.24, 2.45) is 7.05 Å². The number of rotatable bonds is 3. The van der Waals surface area contributed by atoms with Gasteiger partial charge in [0.05, 0.1) is 21.3 Å². The van der Waals surface area contributed by atoms with Gasteiger partial charge in [0.1, 0.15) is 28.0 Å². The largest absolute Gasteiger partial charge is 1.00 e. The van der Waals surface area contributed by atoms with E-state index in [0.29, 0.717) is 11.1 Å². The van der Waals surface area contributed by atoms with Crippen LogP contribution in [-0.2, 0) is 13.6 Å². The quantitative estimate of drug-likeness (QED) is 0.366. The van der Waals surface area contributed by atoms with Crippen LogP contribution < -0.4 is 36.6 Å². The number of thiazole rings is 2. The van der Waals surface area contributed by atoms with Gasteiger partial charge < -0.3 is 17.3 Å². The molecule has 5 rings (SSSR count). The lowest BCUT2D eigenvalue weighted by molar-refractivity contribution is -0.642. The molecule has 0 saturated carbocycles. The van der Waals surface area contributed by atoms with Crippen molar-refractivity contribution in [3.05, 3.63) is 83.7 Å². The minimum absolute atomic E-state index is 0. The zero-order valence-corrected chi connectivity index (χ0v) is 21.7. The Morgan fingerprint density at radius 1 is 1.06 bits per heavy atom. The van der Waals surface area contributed by atoms with Crippen LogP contribution in [0, 0.1) is 11.6 Å². The molecule has 0 N–H and O–H groups in total. The van der Waals surface area contributed by atoms with Crippen LogP contribution in [0.25, 0.3) is 22.4 Å². The molecular weight excluding hydrogens is 516 g/mol. The number of benzene rings is 2. The first kappa shape index (κ1) is 24.7. The van der Waals surface area contributed by atoms with Crippen LogP contribution in [0.1, 0.15) is 11.9 Å². The highest BCUT2D eigenvalue weighted by molar-refractivity contribution is 8.03. The van der Waals surface area contributed by atoms with Crippen molar-refractivity contribution in [3.8, 4) is 0 Å². The molecule has 0 aliphatic carbocycles. The van der Waals surface area contributed by atoms with Crippen LogP contribution >= 0.6 is 34.4 Å². The Labute approximate surface area is 213 Å². The summed E-state index contributed by atoms with van der Waals surface area (Å²) in [7, 11) is 3.83. The minimum atomic E-state index is -0.270. The normalized spacial score (nSPS) is 15.4. The van der Waals surface area contributed by atoms with Crippen LogP contribution in [-0.4, -0.2) is 11.6 Å². The van der Waals surface area contributed by atoms with Crippen molar-refractivity contribution in [1.82, 2.24) is 4.57 Å². The molecule has 34 heavy (non-hydrogen) atoms. The van der Waals surface area contributed by atoms with E-state index in [-0.39, 0.29) is 29.6 Å². The number of aromatic nitrogens is 2.